The summed E-state index contributed by atoms with van der Waals surface area (Å²) in [5.74, 6) is 0. The van der Waals surface area contributed by atoms with Crippen molar-refractivity contribution in [3.63, 3.8) is 0 Å². The third-order valence-corrected chi connectivity index (χ3v) is 17.2. The van der Waals surface area contributed by atoms with E-state index in [1.807, 2.05) is 0 Å². The van der Waals surface area contributed by atoms with Gasteiger partial charge in [-0.2, -0.15) is 0 Å². The zero-order chi connectivity index (χ0) is 35.3. The van der Waals surface area contributed by atoms with Crippen molar-refractivity contribution in [1.82, 2.24) is 0 Å². The second kappa shape index (κ2) is 13.4. The molecule has 2 heteroatoms. The molecule has 0 bridgehead atoms. The average molecular weight is 659 g/mol. The SMILES string of the molecule is CC(C)(C)c1ccc(-c2cc(CP(C(C)(C)C)C(C)(C)C)c(CP(C(C)(C)C)C(C)(C)C)cc2-c2ccc(C(C)(C)C)cc2)cc1. The van der Waals surface area contributed by atoms with Gasteiger partial charge in [-0.05, 0) is 100 Å². The molecule has 0 heterocycles. The smallest absolute Gasteiger partial charge is 0.00606 e. The monoisotopic (exact) mass is 658 g/mol. The second-order valence-corrected chi connectivity index (χ2v) is 27.4. The first-order valence-corrected chi connectivity index (χ1v) is 20.6. The molecule has 3 rings (SSSR count). The molecule has 0 aliphatic heterocycles. The fraction of sp³-hybridized carbons (Fsp3) is 0.591. The molecule has 0 N–H and O–H groups in total. The highest BCUT2D eigenvalue weighted by Crippen LogP contribution is 2.64. The molecule has 0 atom stereocenters. The van der Waals surface area contributed by atoms with Crippen molar-refractivity contribution in [2.45, 2.75) is 168 Å². The second-order valence-electron chi connectivity index (χ2n) is 19.7. The van der Waals surface area contributed by atoms with Crippen LogP contribution in [-0.2, 0) is 23.2 Å². The lowest BCUT2D eigenvalue weighted by atomic mass is 9.84. The van der Waals surface area contributed by atoms with Crippen molar-refractivity contribution in [2.75, 3.05) is 0 Å². The van der Waals surface area contributed by atoms with Gasteiger partial charge in [0.2, 0.25) is 0 Å². The van der Waals surface area contributed by atoms with E-state index in [0.29, 0.717) is 0 Å². The lowest BCUT2D eigenvalue weighted by Gasteiger charge is -2.44. The molecule has 0 aliphatic rings. The molecule has 46 heavy (non-hydrogen) atoms. The van der Waals surface area contributed by atoms with Gasteiger partial charge >= 0.3 is 0 Å². The van der Waals surface area contributed by atoms with Crippen LogP contribution in [0.4, 0.5) is 0 Å². The van der Waals surface area contributed by atoms with Gasteiger partial charge in [-0.1, -0.05) is 189 Å². The number of rotatable bonds is 6. The summed E-state index contributed by atoms with van der Waals surface area (Å²) >= 11 is 0. The van der Waals surface area contributed by atoms with Crippen LogP contribution in [-0.4, -0.2) is 20.6 Å². The fourth-order valence-corrected chi connectivity index (χ4v) is 14.3. The Balaban J connectivity index is 2.41. The molecule has 3 aromatic carbocycles. The molecule has 0 aromatic heterocycles. The first kappa shape index (κ1) is 39.0. The first-order valence-electron chi connectivity index (χ1n) is 17.5. The van der Waals surface area contributed by atoms with Gasteiger partial charge in [0.15, 0.2) is 0 Å². The van der Waals surface area contributed by atoms with Gasteiger partial charge in [0.25, 0.3) is 0 Å². The molecule has 0 saturated heterocycles. The summed E-state index contributed by atoms with van der Waals surface area (Å²) in [5, 5.41) is 1.05. The zero-order valence-corrected chi connectivity index (χ0v) is 34.9. The Kier molecular flexibility index (Phi) is 11.4. The van der Waals surface area contributed by atoms with E-state index in [1.54, 1.807) is 11.1 Å². The number of benzene rings is 3. The maximum atomic E-state index is 2.63. The maximum Gasteiger partial charge on any atom is -0.00606 e. The average Bonchev–Trinajstić information content (AvgIpc) is 2.87. The predicted molar refractivity (Wildman–Crippen MR) is 215 cm³/mol. The lowest BCUT2D eigenvalue weighted by Crippen LogP contribution is -2.27. The van der Waals surface area contributed by atoms with E-state index in [2.05, 4.69) is 185 Å². The standard InChI is InChI=1S/C44H68P2/c1-39(2,3)35-23-19-31(20-24-35)37-27-33(29-45(41(7,8)9)42(10,11)12)34(30-46(43(13,14)15)44(16,17)18)28-38(37)32-21-25-36(26-22-32)40(4,5)6/h19-28H,29-30H2,1-18H3. The van der Waals surface area contributed by atoms with Gasteiger partial charge < -0.3 is 0 Å². The van der Waals surface area contributed by atoms with Crippen LogP contribution in [0.15, 0.2) is 60.7 Å². The van der Waals surface area contributed by atoms with Crippen LogP contribution >= 0.6 is 15.8 Å². The molecule has 0 aliphatic carbocycles. The molecule has 0 fully saturated rings. The van der Waals surface area contributed by atoms with Gasteiger partial charge in [-0.15, -0.1) is 0 Å². The van der Waals surface area contributed by atoms with Crippen LogP contribution < -0.4 is 0 Å². The molecule has 0 spiro atoms. The number of hydrogen-bond acceptors (Lipinski definition) is 0. The van der Waals surface area contributed by atoms with Crippen LogP contribution in [0.5, 0.6) is 0 Å². The van der Waals surface area contributed by atoms with E-state index in [0.717, 1.165) is 12.3 Å². The van der Waals surface area contributed by atoms with Crippen molar-refractivity contribution in [1.29, 1.82) is 0 Å². The minimum absolute atomic E-state index is 0.130. The van der Waals surface area contributed by atoms with E-state index in [-0.39, 0.29) is 47.3 Å². The van der Waals surface area contributed by atoms with Crippen molar-refractivity contribution >= 4 is 15.8 Å². The molecular weight excluding hydrogens is 590 g/mol. The molecule has 3 aromatic rings. The minimum Gasteiger partial charge on any atom is -0.0911 e. The van der Waals surface area contributed by atoms with E-state index < -0.39 is 0 Å². The zero-order valence-electron chi connectivity index (χ0n) is 33.1. The van der Waals surface area contributed by atoms with Gasteiger partial charge in [0.1, 0.15) is 0 Å². The normalized spacial score (nSPS) is 14.0. The molecule has 0 nitrogen and oxygen atoms in total. The summed E-state index contributed by atoms with van der Waals surface area (Å²) < 4.78 is 0. The summed E-state index contributed by atoms with van der Waals surface area (Å²) in [6.07, 6.45) is 2.32. The van der Waals surface area contributed by atoms with E-state index >= 15 is 0 Å². The summed E-state index contributed by atoms with van der Waals surface area (Å²) in [5.41, 5.74) is 11.6. The van der Waals surface area contributed by atoms with Crippen molar-refractivity contribution in [3.8, 4) is 22.3 Å². The van der Waals surface area contributed by atoms with Crippen LogP contribution in [0.3, 0.4) is 0 Å². The maximum absolute atomic E-state index is 2.63. The summed E-state index contributed by atoms with van der Waals surface area (Å²) in [6, 6.07) is 24.2. The highest BCUT2D eigenvalue weighted by Gasteiger charge is 2.37. The minimum atomic E-state index is -0.292. The third kappa shape index (κ3) is 9.79. The summed E-state index contributed by atoms with van der Waals surface area (Å²) in [4.78, 5) is 0. The molecule has 0 unspecified atom stereocenters. The Bertz CT molecular complexity index is 1300. The van der Waals surface area contributed by atoms with Crippen LogP contribution in [0.1, 0.15) is 147 Å². The third-order valence-electron chi connectivity index (χ3n) is 9.36. The Morgan fingerprint density at radius 1 is 0.370 bits per heavy atom. The van der Waals surface area contributed by atoms with Gasteiger partial charge in [-0.25, -0.2) is 0 Å². The fourth-order valence-electron chi connectivity index (χ4n) is 7.06. The largest absolute Gasteiger partial charge is 0.0911 e. The van der Waals surface area contributed by atoms with Crippen molar-refractivity contribution in [2.24, 2.45) is 0 Å². The lowest BCUT2D eigenvalue weighted by molar-refractivity contribution is 0.590. The molecule has 0 saturated carbocycles. The molecule has 0 radical (unpaired) electrons. The molecule has 0 amide bonds. The van der Waals surface area contributed by atoms with Crippen molar-refractivity contribution in [3.05, 3.63) is 82.9 Å². The van der Waals surface area contributed by atoms with Gasteiger partial charge in [-0.3, -0.25) is 0 Å². The van der Waals surface area contributed by atoms with Crippen LogP contribution in [0, 0.1) is 0 Å². The van der Waals surface area contributed by atoms with Crippen molar-refractivity contribution < 1.29 is 0 Å². The Hall–Kier alpha value is -1.48. The predicted octanol–water partition coefficient (Wildman–Crippen LogP) is 14.8. The highest BCUT2D eigenvalue weighted by atomic mass is 31.1. The summed E-state index contributed by atoms with van der Waals surface area (Å²) in [6.45, 7) is 43.5. The van der Waals surface area contributed by atoms with Gasteiger partial charge in [0, 0.05) is 0 Å². The quantitative estimate of drug-likeness (QED) is 0.231. The van der Waals surface area contributed by atoms with E-state index in [4.69, 9.17) is 0 Å². The Morgan fingerprint density at radius 3 is 0.804 bits per heavy atom. The Morgan fingerprint density at radius 2 is 0.609 bits per heavy atom. The highest BCUT2D eigenvalue weighted by molar-refractivity contribution is 7.60. The van der Waals surface area contributed by atoms with E-state index in [1.165, 1.54) is 33.4 Å². The van der Waals surface area contributed by atoms with E-state index in [9.17, 15) is 0 Å². The first-order chi connectivity index (χ1) is 20.6. The van der Waals surface area contributed by atoms with Crippen LogP contribution in [0.2, 0.25) is 0 Å². The molecule has 254 valence electrons. The molecular formula is C44H68P2. The van der Waals surface area contributed by atoms with Crippen LogP contribution in [0.25, 0.3) is 22.3 Å². The Labute approximate surface area is 288 Å². The number of hydrogen-bond donors (Lipinski definition) is 0. The van der Waals surface area contributed by atoms with Gasteiger partial charge in [0.05, 0.1) is 0 Å². The summed E-state index contributed by atoms with van der Waals surface area (Å²) in [7, 11) is -0.585. The topological polar surface area (TPSA) is 0 Å².